The van der Waals surface area contributed by atoms with Crippen molar-refractivity contribution >= 4 is 71.7 Å². The Kier molecular flexibility index (Phi) is 6.15. The number of aromatic nitrogens is 2. The van der Waals surface area contributed by atoms with Gasteiger partial charge >= 0.3 is 0 Å². The molecule has 0 radical (unpaired) electrons. The maximum atomic E-state index is 6.30. The molecule has 0 saturated carbocycles. The van der Waals surface area contributed by atoms with Crippen LogP contribution in [0.3, 0.4) is 0 Å². The third-order valence-electron chi connectivity index (χ3n) is 9.57. The zero-order valence-electron chi connectivity index (χ0n) is 26.5. The molecule has 0 saturated heterocycles. The summed E-state index contributed by atoms with van der Waals surface area (Å²) in [5.41, 5.74) is 11.3. The summed E-state index contributed by atoms with van der Waals surface area (Å²) in [6.07, 6.45) is 1.95. The Balaban J connectivity index is 1.13. The number of nitrogens with zero attached hydrogens (tertiary/aromatic N) is 3. The van der Waals surface area contributed by atoms with Crippen LogP contribution >= 0.6 is 0 Å². The van der Waals surface area contributed by atoms with Gasteiger partial charge in [-0.25, -0.2) is 4.98 Å². The van der Waals surface area contributed by atoms with Gasteiger partial charge in [0.15, 0.2) is 5.58 Å². The molecule has 0 spiro atoms. The third kappa shape index (κ3) is 4.49. The molecule has 230 valence electrons. The molecular formula is C45H29N3O. The van der Waals surface area contributed by atoms with Crippen LogP contribution in [-0.2, 0) is 0 Å². The highest BCUT2D eigenvalue weighted by atomic mass is 16.3. The lowest BCUT2D eigenvalue weighted by Gasteiger charge is -2.26. The Morgan fingerprint density at radius 3 is 1.92 bits per heavy atom. The highest BCUT2D eigenvalue weighted by molar-refractivity contribution is 6.09. The monoisotopic (exact) mass is 627 g/mol. The smallest absolute Gasteiger partial charge is 0.155 e. The van der Waals surface area contributed by atoms with E-state index in [1.807, 2.05) is 24.4 Å². The van der Waals surface area contributed by atoms with E-state index in [4.69, 9.17) is 9.40 Å². The van der Waals surface area contributed by atoms with E-state index in [9.17, 15) is 0 Å². The van der Waals surface area contributed by atoms with Gasteiger partial charge in [-0.2, -0.15) is 0 Å². The van der Waals surface area contributed by atoms with Gasteiger partial charge in [0.05, 0.1) is 22.9 Å². The summed E-state index contributed by atoms with van der Waals surface area (Å²) in [5.74, 6) is 0. The van der Waals surface area contributed by atoms with Crippen LogP contribution in [-0.4, -0.2) is 9.55 Å². The van der Waals surface area contributed by atoms with Gasteiger partial charge < -0.3 is 13.9 Å². The first-order valence-corrected chi connectivity index (χ1v) is 16.5. The van der Waals surface area contributed by atoms with Crippen molar-refractivity contribution in [2.24, 2.45) is 0 Å². The minimum Gasteiger partial charge on any atom is -0.454 e. The second-order valence-electron chi connectivity index (χ2n) is 12.5. The van der Waals surface area contributed by atoms with Crippen molar-refractivity contribution in [1.29, 1.82) is 0 Å². The van der Waals surface area contributed by atoms with Gasteiger partial charge in [-0.1, -0.05) is 103 Å². The van der Waals surface area contributed by atoms with Gasteiger partial charge in [-0.05, 0) is 82.6 Å². The highest BCUT2D eigenvalue weighted by Gasteiger charge is 2.18. The maximum absolute atomic E-state index is 6.30. The molecule has 49 heavy (non-hydrogen) atoms. The zero-order valence-corrected chi connectivity index (χ0v) is 26.5. The number of anilines is 3. The van der Waals surface area contributed by atoms with Gasteiger partial charge in [0.25, 0.3) is 0 Å². The molecule has 3 heterocycles. The number of furan rings is 1. The molecule has 0 aliphatic heterocycles. The van der Waals surface area contributed by atoms with Gasteiger partial charge in [0.2, 0.25) is 0 Å². The number of hydrogen-bond donors (Lipinski definition) is 0. The molecule has 0 fully saturated rings. The molecular weight excluding hydrogens is 599 g/mol. The minimum atomic E-state index is 0.763. The Hall–Kier alpha value is -6.65. The highest BCUT2D eigenvalue weighted by Crippen LogP contribution is 2.40. The summed E-state index contributed by atoms with van der Waals surface area (Å²) in [4.78, 5) is 7.21. The van der Waals surface area contributed by atoms with E-state index in [0.29, 0.717) is 0 Å². The summed E-state index contributed by atoms with van der Waals surface area (Å²) in [5, 5.41) is 5.91. The van der Waals surface area contributed by atoms with E-state index < -0.39 is 0 Å². The first kappa shape index (κ1) is 27.5. The summed E-state index contributed by atoms with van der Waals surface area (Å²) in [7, 11) is 0. The van der Waals surface area contributed by atoms with E-state index in [-0.39, 0.29) is 0 Å². The van der Waals surface area contributed by atoms with Gasteiger partial charge in [-0.15, -0.1) is 0 Å². The first-order valence-electron chi connectivity index (χ1n) is 16.5. The van der Waals surface area contributed by atoms with Crippen LogP contribution in [0.2, 0.25) is 0 Å². The largest absolute Gasteiger partial charge is 0.454 e. The fourth-order valence-corrected chi connectivity index (χ4v) is 7.32. The van der Waals surface area contributed by atoms with Crippen LogP contribution < -0.4 is 4.90 Å². The molecule has 10 aromatic rings. The van der Waals surface area contributed by atoms with Crippen molar-refractivity contribution < 1.29 is 4.42 Å². The van der Waals surface area contributed by atoms with Crippen molar-refractivity contribution in [3.63, 3.8) is 0 Å². The fraction of sp³-hybridized carbons (Fsp3) is 0. The number of para-hydroxylation sites is 3. The molecule has 4 heteroatoms. The summed E-state index contributed by atoms with van der Waals surface area (Å²) < 4.78 is 8.67. The van der Waals surface area contributed by atoms with Crippen LogP contribution in [0, 0.1) is 0 Å². The van der Waals surface area contributed by atoms with Crippen molar-refractivity contribution in [3.05, 3.63) is 176 Å². The predicted molar refractivity (Wildman–Crippen MR) is 203 cm³/mol. The number of pyridine rings is 1. The Morgan fingerprint density at radius 1 is 0.449 bits per heavy atom. The van der Waals surface area contributed by atoms with E-state index in [2.05, 4.69) is 161 Å². The Labute approximate surface area is 282 Å². The number of rotatable bonds is 5. The average molecular weight is 628 g/mol. The van der Waals surface area contributed by atoms with E-state index in [1.165, 1.54) is 32.6 Å². The third-order valence-corrected chi connectivity index (χ3v) is 9.57. The predicted octanol–water partition coefficient (Wildman–Crippen LogP) is 12.4. The van der Waals surface area contributed by atoms with Gasteiger partial charge in [0, 0.05) is 39.3 Å². The maximum Gasteiger partial charge on any atom is 0.155 e. The molecule has 10 rings (SSSR count). The molecule has 0 atom stereocenters. The van der Waals surface area contributed by atoms with Crippen LogP contribution in [0.25, 0.3) is 71.5 Å². The second kappa shape index (κ2) is 11.0. The number of benzene rings is 7. The summed E-state index contributed by atoms with van der Waals surface area (Å²) in [6.45, 7) is 0. The molecule has 7 aromatic carbocycles. The summed E-state index contributed by atoms with van der Waals surface area (Å²) >= 11 is 0. The van der Waals surface area contributed by atoms with Gasteiger partial charge in [0.1, 0.15) is 11.1 Å². The standard InChI is InChI=1S/C45H29N3O/c1-2-12-31-25-36(24-23-30(31)11-1)47(37-28-44-45(46-29-37)40-19-5-8-22-43(40)49-44)34-15-9-13-32(26-34)33-14-10-16-35(27-33)48-41-20-6-3-17-38(41)39-18-4-7-21-42(39)48/h1-29H. The SMILES string of the molecule is c1cc(-c2cccc(-n3c4ccccc4c4ccccc43)c2)cc(N(c2ccc3ccccc3c2)c2cnc3c(c2)oc2ccccc23)c1. The van der Waals surface area contributed by atoms with Crippen LogP contribution in [0.5, 0.6) is 0 Å². The number of fused-ring (bicyclic) bond motifs is 7. The quantitative estimate of drug-likeness (QED) is 0.190. The average Bonchev–Trinajstić information content (AvgIpc) is 3.71. The van der Waals surface area contributed by atoms with Crippen molar-refractivity contribution in [1.82, 2.24) is 9.55 Å². The molecule has 0 aliphatic rings. The Bertz CT molecular complexity index is 2810. The van der Waals surface area contributed by atoms with Crippen LogP contribution in [0.1, 0.15) is 0 Å². The van der Waals surface area contributed by atoms with E-state index in [1.54, 1.807) is 0 Å². The van der Waals surface area contributed by atoms with Crippen molar-refractivity contribution in [2.75, 3.05) is 4.90 Å². The minimum absolute atomic E-state index is 0.763. The molecule has 0 amide bonds. The normalized spacial score (nSPS) is 11.7. The first-order chi connectivity index (χ1) is 24.3. The lowest BCUT2D eigenvalue weighted by molar-refractivity contribution is 0.668. The second-order valence-corrected chi connectivity index (χ2v) is 12.5. The zero-order chi connectivity index (χ0) is 32.3. The number of hydrogen-bond acceptors (Lipinski definition) is 3. The molecule has 4 nitrogen and oxygen atoms in total. The van der Waals surface area contributed by atoms with Gasteiger partial charge in [-0.3, -0.25) is 0 Å². The van der Waals surface area contributed by atoms with E-state index in [0.717, 1.165) is 55.9 Å². The molecule has 0 bridgehead atoms. The molecule has 0 unspecified atom stereocenters. The van der Waals surface area contributed by atoms with Crippen LogP contribution in [0.4, 0.5) is 17.1 Å². The summed E-state index contributed by atoms with van der Waals surface area (Å²) in [6, 6.07) is 60.1. The van der Waals surface area contributed by atoms with Crippen molar-refractivity contribution in [3.8, 4) is 16.8 Å². The molecule has 0 N–H and O–H groups in total. The lowest BCUT2D eigenvalue weighted by Crippen LogP contribution is -2.10. The molecule has 3 aromatic heterocycles. The van der Waals surface area contributed by atoms with Crippen LogP contribution in [0.15, 0.2) is 180 Å². The fourth-order valence-electron chi connectivity index (χ4n) is 7.32. The Morgan fingerprint density at radius 2 is 1.10 bits per heavy atom. The van der Waals surface area contributed by atoms with Crippen molar-refractivity contribution in [2.45, 2.75) is 0 Å². The van der Waals surface area contributed by atoms with E-state index >= 15 is 0 Å². The topological polar surface area (TPSA) is 34.2 Å². The lowest BCUT2D eigenvalue weighted by atomic mass is 10.0. The molecule has 0 aliphatic carbocycles.